The van der Waals surface area contributed by atoms with Gasteiger partial charge in [0.25, 0.3) is 5.89 Å². The number of aromatic nitrogens is 2. The quantitative estimate of drug-likeness (QED) is 0.880. The Kier molecular flexibility index (Phi) is 3.11. The topological polar surface area (TPSA) is 51.0 Å². The molecule has 1 N–H and O–H groups in total. The second-order valence-electron chi connectivity index (χ2n) is 4.87. The van der Waals surface area contributed by atoms with Crippen LogP contribution in [0.15, 0.2) is 28.8 Å². The summed E-state index contributed by atoms with van der Waals surface area (Å²) in [5.41, 5.74) is 2.22. The zero-order valence-corrected chi connectivity index (χ0v) is 10.5. The molecule has 18 heavy (non-hydrogen) atoms. The summed E-state index contributed by atoms with van der Waals surface area (Å²) in [5, 5.41) is 7.48. The van der Waals surface area contributed by atoms with Crippen molar-refractivity contribution in [3.8, 4) is 11.5 Å². The number of hydrogen-bond donors (Lipinski definition) is 1. The average Bonchev–Trinajstić information content (AvgIpc) is 2.90. The first-order valence-corrected chi connectivity index (χ1v) is 6.44. The Hall–Kier alpha value is -1.68. The molecule has 0 saturated carbocycles. The van der Waals surface area contributed by atoms with Gasteiger partial charge in [-0.1, -0.05) is 22.9 Å². The van der Waals surface area contributed by atoms with Gasteiger partial charge in [-0.3, -0.25) is 0 Å². The van der Waals surface area contributed by atoms with E-state index in [-0.39, 0.29) is 0 Å². The molecule has 0 spiro atoms. The molecule has 3 rings (SSSR count). The Bertz CT molecular complexity index is 512. The number of hydrogen-bond acceptors (Lipinski definition) is 4. The molecule has 2 aromatic rings. The maximum Gasteiger partial charge on any atom is 0.257 e. The first kappa shape index (κ1) is 11.4. The normalized spacial score (nSPS) is 19.9. The van der Waals surface area contributed by atoms with Crippen LogP contribution in [-0.2, 0) is 0 Å². The fraction of sp³-hybridized carbons (Fsp3) is 0.429. The van der Waals surface area contributed by atoms with Gasteiger partial charge in [-0.15, -0.1) is 0 Å². The molecule has 0 aliphatic carbocycles. The van der Waals surface area contributed by atoms with Gasteiger partial charge in [0.05, 0.1) is 0 Å². The van der Waals surface area contributed by atoms with Crippen LogP contribution in [0.5, 0.6) is 0 Å². The highest BCUT2D eigenvalue weighted by Gasteiger charge is 2.20. The van der Waals surface area contributed by atoms with Crippen LogP contribution in [0.4, 0.5) is 0 Å². The SMILES string of the molecule is Cc1ccc(-c2nc([C@@H]3CCCNC3)no2)cc1. The lowest BCUT2D eigenvalue weighted by Crippen LogP contribution is -2.28. The molecule has 0 amide bonds. The highest BCUT2D eigenvalue weighted by molar-refractivity contribution is 5.53. The van der Waals surface area contributed by atoms with Crippen LogP contribution in [0.1, 0.15) is 30.1 Å². The molecule has 4 heteroatoms. The van der Waals surface area contributed by atoms with Gasteiger partial charge < -0.3 is 9.84 Å². The van der Waals surface area contributed by atoms with Gasteiger partial charge in [0.2, 0.25) is 0 Å². The smallest absolute Gasteiger partial charge is 0.257 e. The largest absolute Gasteiger partial charge is 0.334 e. The zero-order chi connectivity index (χ0) is 12.4. The van der Waals surface area contributed by atoms with Crippen molar-refractivity contribution in [3.63, 3.8) is 0 Å². The Labute approximate surface area is 106 Å². The number of nitrogens with zero attached hydrogens (tertiary/aromatic N) is 2. The van der Waals surface area contributed by atoms with Crippen molar-refractivity contribution < 1.29 is 4.52 Å². The lowest BCUT2D eigenvalue weighted by Gasteiger charge is -2.19. The highest BCUT2D eigenvalue weighted by Crippen LogP contribution is 2.24. The first-order valence-electron chi connectivity index (χ1n) is 6.44. The third-order valence-electron chi connectivity index (χ3n) is 3.40. The minimum atomic E-state index is 0.390. The minimum Gasteiger partial charge on any atom is -0.334 e. The average molecular weight is 243 g/mol. The van der Waals surface area contributed by atoms with Crippen LogP contribution >= 0.6 is 0 Å². The molecule has 1 atom stereocenters. The highest BCUT2D eigenvalue weighted by atomic mass is 16.5. The molecule has 94 valence electrons. The predicted octanol–water partition coefficient (Wildman–Crippen LogP) is 2.51. The molecule has 1 saturated heterocycles. The molecule has 0 bridgehead atoms. The van der Waals surface area contributed by atoms with Gasteiger partial charge in [0.15, 0.2) is 5.82 Å². The van der Waals surface area contributed by atoms with Gasteiger partial charge in [-0.25, -0.2) is 0 Å². The molecule has 1 aliphatic rings. The van der Waals surface area contributed by atoms with Gasteiger partial charge in [0, 0.05) is 18.0 Å². The first-order chi connectivity index (χ1) is 8.83. The standard InChI is InChI=1S/C14H17N3O/c1-10-4-6-11(7-5-10)14-16-13(17-18-14)12-3-2-8-15-9-12/h4-7,12,15H,2-3,8-9H2,1H3/t12-/m1/s1. The second-order valence-corrected chi connectivity index (χ2v) is 4.87. The molecular weight excluding hydrogens is 226 g/mol. The lowest BCUT2D eigenvalue weighted by molar-refractivity contribution is 0.393. The summed E-state index contributed by atoms with van der Waals surface area (Å²) in [6, 6.07) is 8.15. The molecular formula is C14H17N3O. The molecule has 1 fully saturated rings. The summed E-state index contributed by atoms with van der Waals surface area (Å²) < 4.78 is 5.35. The molecule has 1 aromatic carbocycles. The third kappa shape index (κ3) is 2.29. The second kappa shape index (κ2) is 4.90. The van der Waals surface area contributed by atoms with E-state index in [0.717, 1.165) is 30.9 Å². The van der Waals surface area contributed by atoms with Crippen molar-refractivity contribution in [1.82, 2.24) is 15.5 Å². The van der Waals surface area contributed by atoms with Crippen LogP contribution < -0.4 is 5.32 Å². The van der Waals surface area contributed by atoms with E-state index in [9.17, 15) is 0 Å². The Morgan fingerprint density at radius 3 is 2.83 bits per heavy atom. The van der Waals surface area contributed by atoms with E-state index in [1.54, 1.807) is 0 Å². The van der Waals surface area contributed by atoms with E-state index in [4.69, 9.17) is 4.52 Å². The third-order valence-corrected chi connectivity index (χ3v) is 3.40. The van der Waals surface area contributed by atoms with Crippen molar-refractivity contribution in [1.29, 1.82) is 0 Å². The van der Waals surface area contributed by atoms with E-state index >= 15 is 0 Å². The summed E-state index contributed by atoms with van der Waals surface area (Å²) in [7, 11) is 0. The summed E-state index contributed by atoms with van der Waals surface area (Å²) in [6.45, 7) is 4.11. The Morgan fingerprint density at radius 2 is 2.11 bits per heavy atom. The van der Waals surface area contributed by atoms with Crippen LogP contribution in [-0.4, -0.2) is 23.2 Å². The van der Waals surface area contributed by atoms with Gasteiger partial charge in [-0.05, 0) is 38.4 Å². The van der Waals surface area contributed by atoms with Crippen molar-refractivity contribution in [2.75, 3.05) is 13.1 Å². The van der Waals surface area contributed by atoms with Gasteiger partial charge >= 0.3 is 0 Å². The van der Waals surface area contributed by atoms with E-state index in [1.165, 1.54) is 12.0 Å². The van der Waals surface area contributed by atoms with Crippen molar-refractivity contribution in [2.45, 2.75) is 25.7 Å². The van der Waals surface area contributed by atoms with Crippen LogP contribution in [0.3, 0.4) is 0 Å². The summed E-state index contributed by atoms with van der Waals surface area (Å²) >= 11 is 0. The van der Waals surface area contributed by atoms with Crippen molar-refractivity contribution >= 4 is 0 Å². The molecule has 0 unspecified atom stereocenters. The van der Waals surface area contributed by atoms with E-state index in [2.05, 4.69) is 34.5 Å². The van der Waals surface area contributed by atoms with Crippen molar-refractivity contribution in [2.24, 2.45) is 0 Å². The molecule has 1 aromatic heterocycles. The predicted molar refractivity (Wildman–Crippen MR) is 69.3 cm³/mol. The maximum atomic E-state index is 5.35. The number of rotatable bonds is 2. The number of nitrogens with one attached hydrogen (secondary N) is 1. The zero-order valence-electron chi connectivity index (χ0n) is 10.5. The summed E-state index contributed by atoms with van der Waals surface area (Å²) in [5.74, 6) is 1.84. The van der Waals surface area contributed by atoms with E-state index in [1.807, 2.05) is 12.1 Å². The number of aryl methyl sites for hydroxylation is 1. The van der Waals surface area contributed by atoms with Gasteiger partial charge in [-0.2, -0.15) is 4.98 Å². The summed E-state index contributed by atoms with van der Waals surface area (Å²) in [6.07, 6.45) is 2.32. The number of piperidine rings is 1. The van der Waals surface area contributed by atoms with Crippen molar-refractivity contribution in [3.05, 3.63) is 35.7 Å². The van der Waals surface area contributed by atoms with Crippen LogP contribution in [0.25, 0.3) is 11.5 Å². The van der Waals surface area contributed by atoms with Crippen LogP contribution in [0, 0.1) is 6.92 Å². The van der Waals surface area contributed by atoms with E-state index in [0.29, 0.717) is 11.8 Å². The Balaban J connectivity index is 1.82. The van der Waals surface area contributed by atoms with Crippen LogP contribution in [0.2, 0.25) is 0 Å². The molecule has 4 nitrogen and oxygen atoms in total. The monoisotopic (exact) mass is 243 g/mol. The fourth-order valence-corrected chi connectivity index (χ4v) is 2.29. The molecule has 2 heterocycles. The summed E-state index contributed by atoms with van der Waals surface area (Å²) in [4.78, 5) is 4.52. The van der Waals surface area contributed by atoms with E-state index < -0.39 is 0 Å². The maximum absolute atomic E-state index is 5.35. The fourth-order valence-electron chi connectivity index (χ4n) is 2.29. The van der Waals surface area contributed by atoms with Gasteiger partial charge in [0.1, 0.15) is 0 Å². The minimum absolute atomic E-state index is 0.390. The number of benzene rings is 1. The lowest BCUT2D eigenvalue weighted by atomic mass is 9.99. The molecule has 1 aliphatic heterocycles. The Morgan fingerprint density at radius 1 is 1.28 bits per heavy atom. The molecule has 0 radical (unpaired) electrons.